The van der Waals surface area contributed by atoms with Gasteiger partial charge in [-0.1, -0.05) is 6.07 Å². The van der Waals surface area contributed by atoms with Crippen molar-refractivity contribution in [1.82, 2.24) is 4.98 Å². The predicted molar refractivity (Wildman–Crippen MR) is 64.1 cm³/mol. The molecule has 0 bridgehead atoms. The minimum atomic E-state index is -0.625. The topological polar surface area (TPSA) is 68.0 Å². The summed E-state index contributed by atoms with van der Waals surface area (Å²) in [7, 11) is 0. The van der Waals surface area contributed by atoms with Crippen molar-refractivity contribution in [2.45, 2.75) is 6.04 Å². The average molecular weight is 233 g/mol. The van der Waals surface area contributed by atoms with Gasteiger partial charge in [0.05, 0.1) is 11.9 Å². The van der Waals surface area contributed by atoms with Crippen LogP contribution in [0.5, 0.6) is 0 Å². The lowest BCUT2D eigenvalue weighted by atomic mass is 10.2. The highest BCUT2D eigenvalue weighted by molar-refractivity contribution is 7.10. The molecule has 0 saturated carbocycles. The van der Waals surface area contributed by atoms with Crippen LogP contribution in [0, 0.1) is 0 Å². The molecule has 0 aromatic carbocycles. The third kappa shape index (κ3) is 2.44. The molecule has 0 saturated heterocycles. The van der Waals surface area contributed by atoms with Gasteiger partial charge in [-0.3, -0.25) is 9.78 Å². The maximum atomic E-state index is 11.8. The number of hydrogen-bond donors (Lipinski definition) is 2. The second-order valence-electron chi connectivity index (χ2n) is 3.22. The number of nitrogens with one attached hydrogen (secondary N) is 1. The summed E-state index contributed by atoms with van der Waals surface area (Å²) in [4.78, 5) is 16.5. The second kappa shape index (κ2) is 4.87. The van der Waals surface area contributed by atoms with Gasteiger partial charge < -0.3 is 11.1 Å². The van der Waals surface area contributed by atoms with Crippen molar-refractivity contribution in [2.75, 3.05) is 5.32 Å². The highest BCUT2D eigenvalue weighted by Crippen LogP contribution is 2.18. The largest absolute Gasteiger partial charge is 0.323 e. The molecule has 2 heterocycles. The molecule has 1 unspecified atom stereocenters. The third-order valence-electron chi connectivity index (χ3n) is 2.06. The number of nitrogens with zero attached hydrogens (tertiary/aromatic N) is 1. The van der Waals surface area contributed by atoms with Crippen molar-refractivity contribution in [3.8, 4) is 0 Å². The molecule has 0 spiro atoms. The van der Waals surface area contributed by atoms with E-state index in [0.717, 1.165) is 4.88 Å². The number of aromatic nitrogens is 1. The first-order valence-electron chi connectivity index (χ1n) is 4.77. The first kappa shape index (κ1) is 10.8. The third-order valence-corrected chi connectivity index (χ3v) is 3.02. The van der Waals surface area contributed by atoms with Crippen LogP contribution in [0.15, 0.2) is 42.0 Å². The summed E-state index contributed by atoms with van der Waals surface area (Å²) in [6.45, 7) is 0. The van der Waals surface area contributed by atoms with Crippen LogP contribution in [-0.2, 0) is 4.79 Å². The Morgan fingerprint density at radius 1 is 1.44 bits per heavy atom. The molecule has 0 aliphatic heterocycles. The lowest BCUT2D eigenvalue weighted by Crippen LogP contribution is -2.26. The standard InChI is InChI=1S/C11H11N3OS/c12-10(9-4-2-6-16-9)11(15)14-8-3-1-5-13-7-8/h1-7,10H,12H2,(H,14,15). The van der Waals surface area contributed by atoms with Gasteiger partial charge in [-0.15, -0.1) is 11.3 Å². The van der Waals surface area contributed by atoms with E-state index in [1.807, 2.05) is 17.5 Å². The molecule has 2 aromatic heterocycles. The van der Waals surface area contributed by atoms with Crippen LogP contribution in [0.3, 0.4) is 0 Å². The molecule has 5 heteroatoms. The fourth-order valence-corrected chi connectivity index (χ4v) is 1.98. The summed E-state index contributed by atoms with van der Waals surface area (Å²) in [6.07, 6.45) is 3.23. The number of nitrogens with two attached hydrogens (primary N) is 1. The van der Waals surface area contributed by atoms with Gasteiger partial charge in [0, 0.05) is 11.1 Å². The summed E-state index contributed by atoms with van der Waals surface area (Å²) >= 11 is 1.47. The van der Waals surface area contributed by atoms with Crippen LogP contribution < -0.4 is 11.1 Å². The SMILES string of the molecule is NC(C(=O)Nc1cccnc1)c1cccs1. The Bertz CT molecular complexity index is 455. The predicted octanol–water partition coefficient (Wildman–Crippen LogP) is 1.78. The van der Waals surface area contributed by atoms with Gasteiger partial charge in [-0.05, 0) is 23.6 Å². The molecule has 0 radical (unpaired) electrons. The number of carbonyl (C=O) groups is 1. The molecule has 0 fully saturated rings. The Morgan fingerprint density at radius 3 is 2.94 bits per heavy atom. The zero-order chi connectivity index (χ0) is 11.4. The van der Waals surface area contributed by atoms with Crippen molar-refractivity contribution in [1.29, 1.82) is 0 Å². The molecular weight excluding hydrogens is 222 g/mol. The summed E-state index contributed by atoms with van der Waals surface area (Å²) in [6, 6.07) is 6.62. The maximum Gasteiger partial charge on any atom is 0.246 e. The van der Waals surface area contributed by atoms with Gasteiger partial charge in [-0.2, -0.15) is 0 Å². The van der Waals surface area contributed by atoms with Gasteiger partial charge in [0.1, 0.15) is 6.04 Å². The highest BCUT2D eigenvalue weighted by atomic mass is 32.1. The van der Waals surface area contributed by atoms with Crippen LogP contribution in [0.1, 0.15) is 10.9 Å². The van der Waals surface area contributed by atoms with Crippen molar-refractivity contribution in [2.24, 2.45) is 5.73 Å². The van der Waals surface area contributed by atoms with Crippen molar-refractivity contribution < 1.29 is 4.79 Å². The van der Waals surface area contributed by atoms with Crippen molar-refractivity contribution in [3.05, 3.63) is 46.9 Å². The van der Waals surface area contributed by atoms with Gasteiger partial charge in [0.25, 0.3) is 0 Å². The van der Waals surface area contributed by atoms with Crippen LogP contribution in [-0.4, -0.2) is 10.9 Å². The Hall–Kier alpha value is -1.72. The molecular formula is C11H11N3OS. The van der Waals surface area contributed by atoms with E-state index in [1.165, 1.54) is 11.3 Å². The molecule has 1 atom stereocenters. The fraction of sp³-hybridized carbons (Fsp3) is 0.0909. The first-order chi connectivity index (χ1) is 7.77. The number of thiophene rings is 1. The van der Waals surface area contributed by atoms with E-state index < -0.39 is 6.04 Å². The minimum Gasteiger partial charge on any atom is -0.323 e. The summed E-state index contributed by atoms with van der Waals surface area (Å²) in [5, 5.41) is 4.61. The van der Waals surface area contributed by atoms with E-state index in [0.29, 0.717) is 5.69 Å². The first-order valence-corrected chi connectivity index (χ1v) is 5.65. The number of carbonyl (C=O) groups excluding carboxylic acids is 1. The lowest BCUT2D eigenvalue weighted by molar-refractivity contribution is -0.117. The monoisotopic (exact) mass is 233 g/mol. The van der Waals surface area contributed by atoms with E-state index in [-0.39, 0.29) is 5.91 Å². The number of anilines is 1. The fourth-order valence-electron chi connectivity index (χ4n) is 1.25. The maximum absolute atomic E-state index is 11.8. The smallest absolute Gasteiger partial charge is 0.246 e. The Labute approximate surface area is 97.1 Å². The Morgan fingerprint density at radius 2 is 2.31 bits per heavy atom. The van der Waals surface area contributed by atoms with E-state index in [4.69, 9.17) is 5.73 Å². The van der Waals surface area contributed by atoms with Gasteiger partial charge in [-0.25, -0.2) is 0 Å². The van der Waals surface area contributed by atoms with Crippen LogP contribution in [0.4, 0.5) is 5.69 Å². The van der Waals surface area contributed by atoms with E-state index >= 15 is 0 Å². The van der Waals surface area contributed by atoms with Gasteiger partial charge in [0.15, 0.2) is 0 Å². The van der Waals surface area contributed by atoms with E-state index in [1.54, 1.807) is 24.5 Å². The zero-order valence-corrected chi connectivity index (χ0v) is 9.28. The summed E-state index contributed by atoms with van der Waals surface area (Å²) in [5.41, 5.74) is 6.46. The summed E-state index contributed by atoms with van der Waals surface area (Å²) < 4.78 is 0. The Balaban J connectivity index is 2.04. The van der Waals surface area contributed by atoms with Gasteiger partial charge >= 0.3 is 0 Å². The van der Waals surface area contributed by atoms with Crippen LogP contribution in [0.2, 0.25) is 0 Å². The van der Waals surface area contributed by atoms with E-state index in [9.17, 15) is 4.79 Å². The van der Waals surface area contributed by atoms with Gasteiger partial charge in [0.2, 0.25) is 5.91 Å². The summed E-state index contributed by atoms with van der Waals surface area (Å²) in [5.74, 6) is -0.226. The van der Waals surface area contributed by atoms with Crippen molar-refractivity contribution >= 4 is 22.9 Å². The van der Waals surface area contributed by atoms with Crippen molar-refractivity contribution in [3.63, 3.8) is 0 Å². The Kier molecular flexibility index (Phi) is 3.28. The second-order valence-corrected chi connectivity index (χ2v) is 4.20. The quantitative estimate of drug-likeness (QED) is 0.849. The molecule has 3 N–H and O–H groups in total. The number of hydrogen-bond acceptors (Lipinski definition) is 4. The van der Waals surface area contributed by atoms with Crippen LogP contribution in [0.25, 0.3) is 0 Å². The molecule has 4 nitrogen and oxygen atoms in total. The number of rotatable bonds is 3. The minimum absolute atomic E-state index is 0.226. The molecule has 0 aliphatic carbocycles. The van der Waals surface area contributed by atoms with Crippen LogP contribution >= 0.6 is 11.3 Å². The molecule has 1 amide bonds. The normalized spacial score (nSPS) is 12.1. The highest BCUT2D eigenvalue weighted by Gasteiger charge is 2.16. The number of pyridine rings is 1. The van der Waals surface area contributed by atoms with E-state index in [2.05, 4.69) is 10.3 Å². The molecule has 16 heavy (non-hydrogen) atoms. The molecule has 2 aromatic rings. The average Bonchev–Trinajstić information content (AvgIpc) is 2.83. The lowest BCUT2D eigenvalue weighted by Gasteiger charge is -2.09. The molecule has 0 aliphatic rings. The molecule has 2 rings (SSSR count). The molecule has 82 valence electrons. The zero-order valence-electron chi connectivity index (χ0n) is 8.46. The number of amides is 1.